The van der Waals surface area contributed by atoms with E-state index in [4.69, 9.17) is 11.6 Å². The first-order valence-corrected chi connectivity index (χ1v) is 5.77. The van der Waals surface area contributed by atoms with Crippen LogP contribution in [-0.2, 0) is 0 Å². The third kappa shape index (κ3) is 2.99. The molecule has 0 radical (unpaired) electrons. The van der Waals surface area contributed by atoms with Crippen molar-refractivity contribution in [3.05, 3.63) is 34.3 Å². The average molecular weight is 262 g/mol. The van der Waals surface area contributed by atoms with E-state index in [2.05, 4.69) is 48.0 Å². The molecule has 2 atom stereocenters. The molecule has 0 aromatic heterocycles. The molecule has 0 saturated heterocycles. The lowest BCUT2D eigenvalue weighted by atomic mass is 9.96. The van der Waals surface area contributed by atoms with Crippen molar-refractivity contribution in [1.82, 2.24) is 0 Å². The third-order valence-electron chi connectivity index (χ3n) is 2.31. The molecule has 0 heterocycles. The van der Waals surface area contributed by atoms with Crippen molar-refractivity contribution >= 4 is 27.5 Å². The minimum atomic E-state index is 0.231. The van der Waals surface area contributed by atoms with Gasteiger partial charge in [-0.25, -0.2) is 0 Å². The van der Waals surface area contributed by atoms with Crippen molar-refractivity contribution in [2.24, 2.45) is 0 Å². The normalized spacial score (nSPS) is 15.4. The molecule has 2 unspecified atom stereocenters. The first-order chi connectivity index (χ1) is 6.15. The largest absolute Gasteiger partial charge is 0.122 e. The number of hydrogen-bond donors (Lipinski definition) is 0. The summed E-state index contributed by atoms with van der Waals surface area (Å²) in [7, 11) is 0. The Kier molecular flexibility index (Phi) is 4.27. The molecular formula is C11H14BrCl. The van der Waals surface area contributed by atoms with Gasteiger partial charge in [0.1, 0.15) is 0 Å². The number of hydrogen-bond acceptors (Lipinski definition) is 0. The van der Waals surface area contributed by atoms with Gasteiger partial charge in [0.05, 0.1) is 0 Å². The Hall–Kier alpha value is -0.0100. The lowest BCUT2D eigenvalue weighted by molar-refractivity contribution is 0.674. The van der Waals surface area contributed by atoms with Crippen LogP contribution in [0.4, 0.5) is 0 Å². The summed E-state index contributed by atoms with van der Waals surface area (Å²) in [5.74, 6) is 0.421. The molecule has 2 heteroatoms. The first kappa shape index (κ1) is 11.1. The second kappa shape index (κ2) is 5.02. The lowest BCUT2D eigenvalue weighted by Gasteiger charge is -2.16. The third-order valence-corrected chi connectivity index (χ3v) is 3.49. The van der Waals surface area contributed by atoms with Crippen LogP contribution in [0.1, 0.15) is 31.7 Å². The Morgan fingerprint density at radius 3 is 2.69 bits per heavy atom. The second-order valence-electron chi connectivity index (χ2n) is 3.27. The van der Waals surface area contributed by atoms with Crippen molar-refractivity contribution in [3.8, 4) is 0 Å². The standard InChI is InChI=1S/C11H14BrCl/c1-3-11(13)8(2)9-5-4-6-10(12)7-9/h4-8,11H,3H2,1-2H3. The van der Waals surface area contributed by atoms with E-state index in [1.807, 2.05) is 6.07 Å². The predicted octanol–water partition coefficient (Wildman–Crippen LogP) is 4.57. The van der Waals surface area contributed by atoms with Crippen molar-refractivity contribution in [3.63, 3.8) is 0 Å². The highest BCUT2D eigenvalue weighted by Crippen LogP contribution is 2.27. The molecular weight excluding hydrogens is 247 g/mol. The predicted molar refractivity (Wildman–Crippen MR) is 62.5 cm³/mol. The van der Waals surface area contributed by atoms with Gasteiger partial charge in [-0.1, -0.05) is 41.9 Å². The Morgan fingerprint density at radius 2 is 2.15 bits per heavy atom. The van der Waals surface area contributed by atoms with Crippen LogP contribution in [0.25, 0.3) is 0 Å². The summed E-state index contributed by atoms with van der Waals surface area (Å²) >= 11 is 9.65. The van der Waals surface area contributed by atoms with Gasteiger partial charge in [-0.05, 0) is 30.0 Å². The van der Waals surface area contributed by atoms with Crippen LogP contribution in [0.5, 0.6) is 0 Å². The molecule has 1 rings (SSSR count). The highest BCUT2D eigenvalue weighted by molar-refractivity contribution is 9.10. The smallest absolute Gasteiger partial charge is 0.0399 e. The maximum absolute atomic E-state index is 6.19. The van der Waals surface area contributed by atoms with E-state index in [9.17, 15) is 0 Å². The monoisotopic (exact) mass is 260 g/mol. The summed E-state index contributed by atoms with van der Waals surface area (Å²) in [5.41, 5.74) is 1.30. The molecule has 0 nitrogen and oxygen atoms in total. The van der Waals surface area contributed by atoms with E-state index in [1.54, 1.807) is 0 Å². The van der Waals surface area contributed by atoms with Gasteiger partial charge in [-0.2, -0.15) is 0 Å². The molecule has 72 valence electrons. The summed E-state index contributed by atoms with van der Waals surface area (Å²) in [6.45, 7) is 4.29. The van der Waals surface area contributed by atoms with E-state index in [-0.39, 0.29) is 5.38 Å². The minimum absolute atomic E-state index is 0.231. The lowest BCUT2D eigenvalue weighted by Crippen LogP contribution is -2.07. The van der Waals surface area contributed by atoms with Crippen LogP contribution in [-0.4, -0.2) is 5.38 Å². The fourth-order valence-corrected chi connectivity index (χ4v) is 1.91. The maximum atomic E-state index is 6.19. The van der Waals surface area contributed by atoms with Crippen LogP contribution >= 0.6 is 27.5 Å². The van der Waals surface area contributed by atoms with E-state index in [1.165, 1.54) is 5.56 Å². The second-order valence-corrected chi connectivity index (χ2v) is 4.74. The summed E-state index contributed by atoms with van der Waals surface area (Å²) in [4.78, 5) is 0. The highest BCUT2D eigenvalue weighted by Gasteiger charge is 2.14. The van der Waals surface area contributed by atoms with Gasteiger partial charge in [0.15, 0.2) is 0 Å². The number of halogens is 2. The molecule has 0 bridgehead atoms. The SMILES string of the molecule is CCC(Cl)C(C)c1cccc(Br)c1. The van der Waals surface area contributed by atoms with Gasteiger partial charge >= 0.3 is 0 Å². The first-order valence-electron chi connectivity index (χ1n) is 4.54. The summed E-state index contributed by atoms with van der Waals surface area (Å²) in [6, 6.07) is 8.34. The number of rotatable bonds is 3. The Balaban J connectivity index is 2.82. The van der Waals surface area contributed by atoms with Crippen LogP contribution < -0.4 is 0 Å². The molecule has 0 aliphatic rings. The van der Waals surface area contributed by atoms with Crippen LogP contribution in [0.15, 0.2) is 28.7 Å². The minimum Gasteiger partial charge on any atom is -0.122 e. The maximum Gasteiger partial charge on any atom is 0.0399 e. The molecule has 0 N–H and O–H groups in total. The fraction of sp³-hybridized carbons (Fsp3) is 0.455. The average Bonchev–Trinajstić information content (AvgIpc) is 2.15. The number of benzene rings is 1. The molecule has 13 heavy (non-hydrogen) atoms. The molecule has 0 saturated carbocycles. The van der Waals surface area contributed by atoms with Gasteiger partial charge < -0.3 is 0 Å². The van der Waals surface area contributed by atoms with E-state index < -0.39 is 0 Å². The molecule has 0 spiro atoms. The van der Waals surface area contributed by atoms with Gasteiger partial charge in [0.2, 0.25) is 0 Å². The van der Waals surface area contributed by atoms with E-state index in [0.29, 0.717) is 5.92 Å². The van der Waals surface area contributed by atoms with Gasteiger partial charge in [-0.3, -0.25) is 0 Å². The van der Waals surface area contributed by atoms with Crippen molar-refractivity contribution in [2.45, 2.75) is 31.6 Å². The molecule has 1 aromatic carbocycles. The molecule has 0 aliphatic heterocycles. The number of alkyl halides is 1. The van der Waals surface area contributed by atoms with E-state index in [0.717, 1.165) is 10.9 Å². The summed E-state index contributed by atoms with van der Waals surface area (Å²) < 4.78 is 1.12. The quantitative estimate of drug-likeness (QED) is 0.699. The van der Waals surface area contributed by atoms with E-state index >= 15 is 0 Å². The molecule has 0 aliphatic carbocycles. The van der Waals surface area contributed by atoms with Crippen molar-refractivity contribution in [1.29, 1.82) is 0 Å². The Bertz CT molecular complexity index is 273. The van der Waals surface area contributed by atoms with Crippen LogP contribution in [0.3, 0.4) is 0 Å². The zero-order chi connectivity index (χ0) is 9.84. The van der Waals surface area contributed by atoms with Gasteiger partial charge in [-0.15, -0.1) is 11.6 Å². The zero-order valence-electron chi connectivity index (χ0n) is 7.93. The Labute approximate surface area is 93.4 Å². The van der Waals surface area contributed by atoms with Crippen molar-refractivity contribution < 1.29 is 0 Å². The van der Waals surface area contributed by atoms with Crippen LogP contribution in [0, 0.1) is 0 Å². The van der Waals surface area contributed by atoms with Crippen molar-refractivity contribution in [2.75, 3.05) is 0 Å². The summed E-state index contributed by atoms with van der Waals surface area (Å²) in [5, 5.41) is 0.231. The molecule has 0 fully saturated rings. The van der Waals surface area contributed by atoms with Gasteiger partial charge in [0, 0.05) is 9.85 Å². The molecule has 0 amide bonds. The van der Waals surface area contributed by atoms with Crippen LogP contribution in [0.2, 0.25) is 0 Å². The topological polar surface area (TPSA) is 0 Å². The van der Waals surface area contributed by atoms with Gasteiger partial charge in [0.25, 0.3) is 0 Å². The zero-order valence-corrected chi connectivity index (χ0v) is 10.3. The highest BCUT2D eigenvalue weighted by atomic mass is 79.9. The summed E-state index contributed by atoms with van der Waals surface area (Å²) in [6.07, 6.45) is 1.01. The molecule has 1 aromatic rings. The fourth-order valence-electron chi connectivity index (χ4n) is 1.35. The Morgan fingerprint density at radius 1 is 1.46 bits per heavy atom.